The van der Waals surface area contributed by atoms with Crippen LogP contribution in [0.4, 0.5) is 4.39 Å². The molecule has 1 N–H and O–H groups in total. The van der Waals surface area contributed by atoms with Crippen LogP contribution >= 0.6 is 0 Å². The Bertz CT molecular complexity index is 785. The average Bonchev–Trinajstić information content (AvgIpc) is 2.70. The Morgan fingerprint density at radius 1 is 1.28 bits per heavy atom. The molecule has 3 amide bonds. The van der Waals surface area contributed by atoms with Gasteiger partial charge in [-0.1, -0.05) is 18.2 Å². The van der Waals surface area contributed by atoms with E-state index in [1.807, 2.05) is 13.8 Å². The summed E-state index contributed by atoms with van der Waals surface area (Å²) in [5.74, 6) is -1.48. The first-order valence-electron chi connectivity index (χ1n) is 10.0. The zero-order valence-electron chi connectivity index (χ0n) is 17.1. The second kappa shape index (κ2) is 8.90. The second-order valence-electron chi connectivity index (χ2n) is 7.99. The summed E-state index contributed by atoms with van der Waals surface area (Å²) >= 11 is 0. The van der Waals surface area contributed by atoms with Crippen LogP contribution in [0.1, 0.15) is 38.3 Å². The molecule has 29 heavy (non-hydrogen) atoms. The van der Waals surface area contributed by atoms with E-state index in [4.69, 9.17) is 4.74 Å². The topological polar surface area (TPSA) is 79.0 Å². The Balaban J connectivity index is 1.81. The molecule has 3 rings (SSSR count). The van der Waals surface area contributed by atoms with Crippen LogP contribution in [-0.2, 0) is 19.1 Å². The van der Waals surface area contributed by atoms with E-state index in [1.165, 1.54) is 11.0 Å². The van der Waals surface area contributed by atoms with Gasteiger partial charge >= 0.3 is 0 Å². The van der Waals surface area contributed by atoms with Gasteiger partial charge in [0.2, 0.25) is 11.8 Å². The standard InChI is InChI=1S/C21H28FN3O4/c1-13(2)23-20(27)14-7-6-10-25(11-14)21(28)19-18(24(3)17(26)12-29-19)15-8-4-5-9-16(15)22/h4-5,8-9,13-14,18-19H,6-7,10-12H2,1-3H3,(H,23,27). The molecule has 0 bridgehead atoms. The number of piperidine rings is 1. The number of benzene rings is 1. The van der Waals surface area contributed by atoms with Crippen LogP contribution in [0.2, 0.25) is 0 Å². The van der Waals surface area contributed by atoms with Gasteiger partial charge in [0.05, 0.1) is 12.0 Å². The largest absolute Gasteiger partial charge is 0.356 e. The first-order chi connectivity index (χ1) is 13.8. The van der Waals surface area contributed by atoms with Crippen molar-refractivity contribution in [1.29, 1.82) is 0 Å². The summed E-state index contributed by atoms with van der Waals surface area (Å²) in [6.07, 6.45) is 0.401. The molecule has 3 atom stereocenters. The van der Waals surface area contributed by atoms with Crippen molar-refractivity contribution in [3.63, 3.8) is 0 Å². The summed E-state index contributed by atoms with van der Waals surface area (Å²) in [4.78, 5) is 40.9. The first kappa shape index (κ1) is 21.2. The van der Waals surface area contributed by atoms with Gasteiger partial charge in [-0.3, -0.25) is 14.4 Å². The number of carbonyl (C=O) groups is 3. The maximum Gasteiger partial charge on any atom is 0.254 e. The number of carbonyl (C=O) groups excluding carboxylic acids is 3. The fraction of sp³-hybridized carbons (Fsp3) is 0.571. The number of ether oxygens (including phenoxy) is 1. The van der Waals surface area contributed by atoms with E-state index < -0.39 is 18.0 Å². The van der Waals surface area contributed by atoms with Gasteiger partial charge in [-0.2, -0.15) is 0 Å². The van der Waals surface area contributed by atoms with Crippen LogP contribution < -0.4 is 5.32 Å². The number of nitrogens with one attached hydrogen (secondary N) is 1. The van der Waals surface area contributed by atoms with Gasteiger partial charge in [0.15, 0.2) is 6.10 Å². The van der Waals surface area contributed by atoms with Gasteiger partial charge in [0.1, 0.15) is 12.4 Å². The number of rotatable bonds is 4. The highest BCUT2D eigenvalue weighted by Gasteiger charge is 2.44. The molecule has 2 aliphatic heterocycles. The van der Waals surface area contributed by atoms with Crippen molar-refractivity contribution in [1.82, 2.24) is 15.1 Å². The number of amides is 3. The van der Waals surface area contributed by atoms with Gasteiger partial charge in [0.25, 0.3) is 5.91 Å². The maximum absolute atomic E-state index is 14.5. The molecule has 7 nitrogen and oxygen atoms in total. The van der Waals surface area contributed by atoms with E-state index in [9.17, 15) is 18.8 Å². The summed E-state index contributed by atoms with van der Waals surface area (Å²) < 4.78 is 20.1. The fourth-order valence-corrected chi connectivity index (χ4v) is 3.98. The van der Waals surface area contributed by atoms with Gasteiger partial charge in [-0.25, -0.2) is 4.39 Å². The number of hydrogen-bond donors (Lipinski definition) is 1. The Labute approximate surface area is 170 Å². The third-order valence-electron chi connectivity index (χ3n) is 5.49. The monoisotopic (exact) mass is 405 g/mol. The number of morpholine rings is 1. The van der Waals surface area contributed by atoms with Gasteiger partial charge < -0.3 is 19.9 Å². The van der Waals surface area contributed by atoms with Crippen LogP contribution in [0.3, 0.4) is 0 Å². The lowest BCUT2D eigenvalue weighted by Gasteiger charge is -2.41. The van der Waals surface area contributed by atoms with E-state index in [0.717, 1.165) is 0 Å². The minimum Gasteiger partial charge on any atom is -0.356 e. The summed E-state index contributed by atoms with van der Waals surface area (Å²) in [6, 6.07) is 5.27. The van der Waals surface area contributed by atoms with Crippen LogP contribution in [0.5, 0.6) is 0 Å². The van der Waals surface area contributed by atoms with E-state index in [2.05, 4.69) is 5.32 Å². The number of hydrogen-bond acceptors (Lipinski definition) is 4. The molecule has 0 aromatic heterocycles. The quantitative estimate of drug-likeness (QED) is 0.823. The summed E-state index contributed by atoms with van der Waals surface area (Å²) in [5.41, 5.74) is 0.243. The van der Waals surface area contributed by atoms with Crippen molar-refractivity contribution in [2.24, 2.45) is 5.92 Å². The Morgan fingerprint density at radius 2 is 2.00 bits per heavy atom. The average molecular weight is 405 g/mol. The van der Waals surface area contributed by atoms with Crippen molar-refractivity contribution in [3.05, 3.63) is 35.6 Å². The molecule has 0 radical (unpaired) electrons. The Kier molecular flexibility index (Phi) is 6.52. The molecule has 2 saturated heterocycles. The molecule has 2 heterocycles. The minimum atomic E-state index is -1.01. The lowest BCUT2D eigenvalue weighted by molar-refractivity contribution is -0.168. The van der Waals surface area contributed by atoms with E-state index in [0.29, 0.717) is 25.9 Å². The Morgan fingerprint density at radius 3 is 2.69 bits per heavy atom. The van der Waals surface area contributed by atoms with Crippen molar-refractivity contribution >= 4 is 17.7 Å². The molecular weight excluding hydrogens is 377 g/mol. The zero-order valence-corrected chi connectivity index (χ0v) is 17.1. The molecule has 1 aromatic carbocycles. The lowest BCUT2D eigenvalue weighted by Crippen LogP contribution is -2.56. The number of halogens is 1. The van der Waals surface area contributed by atoms with Gasteiger partial charge in [0, 0.05) is 31.7 Å². The molecule has 0 aliphatic carbocycles. The smallest absolute Gasteiger partial charge is 0.254 e. The maximum atomic E-state index is 14.5. The molecule has 2 fully saturated rings. The highest BCUT2D eigenvalue weighted by molar-refractivity contribution is 5.87. The molecule has 8 heteroatoms. The SMILES string of the molecule is CC(C)NC(=O)C1CCCN(C(=O)C2OCC(=O)N(C)C2c2ccccc2F)C1. The second-order valence-corrected chi connectivity index (χ2v) is 7.99. The highest BCUT2D eigenvalue weighted by Crippen LogP contribution is 2.32. The summed E-state index contributed by atoms with van der Waals surface area (Å²) in [7, 11) is 1.55. The van der Waals surface area contributed by atoms with Crippen LogP contribution in [0, 0.1) is 11.7 Å². The highest BCUT2D eigenvalue weighted by atomic mass is 19.1. The summed E-state index contributed by atoms with van der Waals surface area (Å²) in [5, 5.41) is 2.90. The number of nitrogens with zero attached hydrogens (tertiary/aromatic N) is 2. The molecule has 3 unspecified atom stereocenters. The fourth-order valence-electron chi connectivity index (χ4n) is 3.98. The Hall–Kier alpha value is -2.48. The molecule has 0 saturated carbocycles. The molecule has 158 valence electrons. The van der Waals surface area contributed by atoms with Crippen molar-refractivity contribution in [2.75, 3.05) is 26.7 Å². The molecule has 1 aromatic rings. The van der Waals surface area contributed by atoms with E-state index in [-0.39, 0.29) is 41.9 Å². The predicted molar refractivity (Wildman–Crippen MR) is 104 cm³/mol. The van der Waals surface area contributed by atoms with Crippen molar-refractivity contribution < 1.29 is 23.5 Å². The third-order valence-corrected chi connectivity index (χ3v) is 5.49. The number of likely N-dealkylation sites (N-methyl/N-ethyl adjacent to an activating group) is 1. The third kappa shape index (κ3) is 4.58. The molecular formula is C21H28FN3O4. The van der Waals surface area contributed by atoms with Gasteiger partial charge in [-0.15, -0.1) is 0 Å². The van der Waals surface area contributed by atoms with Crippen molar-refractivity contribution in [3.8, 4) is 0 Å². The first-order valence-corrected chi connectivity index (χ1v) is 10.0. The van der Waals surface area contributed by atoms with E-state index >= 15 is 0 Å². The van der Waals surface area contributed by atoms with Crippen LogP contribution in [0.15, 0.2) is 24.3 Å². The van der Waals surface area contributed by atoms with Crippen LogP contribution in [0.25, 0.3) is 0 Å². The lowest BCUT2D eigenvalue weighted by atomic mass is 9.93. The van der Waals surface area contributed by atoms with Gasteiger partial charge in [-0.05, 0) is 32.8 Å². The van der Waals surface area contributed by atoms with Crippen molar-refractivity contribution in [2.45, 2.75) is 44.9 Å². The summed E-state index contributed by atoms with van der Waals surface area (Å²) in [6.45, 7) is 4.35. The number of likely N-dealkylation sites (tertiary alicyclic amines) is 1. The van der Waals surface area contributed by atoms with E-state index in [1.54, 1.807) is 30.1 Å². The zero-order chi connectivity index (χ0) is 21.1. The molecule has 0 spiro atoms. The predicted octanol–water partition coefficient (Wildman–Crippen LogP) is 1.49. The van der Waals surface area contributed by atoms with Crippen LogP contribution in [-0.4, -0.2) is 66.4 Å². The minimum absolute atomic E-state index is 0.0281. The normalized spacial score (nSPS) is 25.3. The molecule has 2 aliphatic rings.